The number of nitriles is 1. The topological polar surface area (TPSA) is 58.7 Å². The van der Waals surface area contributed by atoms with Gasteiger partial charge < -0.3 is 0 Å². The Balaban J connectivity index is 2.04. The molecule has 0 bridgehead atoms. The van der Waals surface area contributed by atoms with E-state index in [0.717, 1.165) is 16.8 Å². The van der Waals surface area contributed by atoms with E-state index in [2.05, 4.69) is 11.1 Å². The van der Waals surface area contributed by atoms with Gasteiger partial charge in [-0.3, -0.25) is 14.3 Å². The summed E-state index contributed by atoms with van der Waals surface area (Å²) in [4.78, 5) is 17.5. The van der Waals surface area contributed by atoms with Crippen LogP contribution in [-0.2, 0) is 0 Å². The average Bonchev–Trinajstić information content (AvgIpc) is 2.75. The summed E-state index contributed by atoms with van der Waals surface area (Å²) in [6.45, 7) is 0. The molecular weight excluding hydrogens is 334 g/mol. The molecule has 4 rings (SSSR count). The highest BCUT2D eigenvalue weighted by Crippen LogP contribution is 2.26. The molecule has 2 aromatic carbocycles. The molecule has 0 N–H and O–H groups in total. The van der Waals surface area contributed by atoms with Crippen molar-refractivity contribution in [3.8, 4) is 34.1 Å². The summed E-state index contributed by atoms with van der Waals surface area (Å²) < 4.78 is 1.60. The molecule has 0 spiro atoms. The summed E-state index contributed by atoms with van der Waals surface area (Å²) in [6, 6.07) is 26.3. The second-order valence-electron chi connectivity index (χ2n) is 6.03. The number of rotatable bonds is 3. The van der Waals surface area contributed by atoms with Gasteiger partial charge >= 0.3 is 0 Å². The van der Waals surface area contributed by atoms with Crippen LogP contribution < -0.4 is 5.56 Å². The van der Waals surface area contributed by atoms with Gasteiger partial charge in [-0.2, -0.15) is 5.26 Å². The fourth-order valence-electron chi connectivity index (χ4n) is 3.05. The molecule has 0 aliphatic carbocycles. The Bertz CT molecular complexity index is 1130. The molecule has 0 unspecified atom stereocenters. The standard InChI is InChI=1S/C23H15N3O/c24-15-17-8-4-5-11-20(17)18-14-21(22-12-6-7-13-25-22)23(27)26(16-18)19-9-2-1-3-10-19/h1-14,16H. The third-order valence-electron chi connectivity index (χ3n) is 4.35. The summed E-state index contributed by atoms with van der Waals surface area (Å²) in [5.74, 6) is 0. The maximum atomic E-state index is 13.2. The third-order valence-corrected chi connectivity index (χ3v) is 4.35. The fraction of sp³-hybridized carbons (Fsp3) is 0. The minimum Gasteiger partial charge on any atom is -0.283 e. The van der Waals surface area contributed by atoms with E-state index in [1.54, 1.807) is 29.1 Å². The monoisotopic (exact) mass is 349 g/mol. The molecule has 128 valence electrons. The molecule has 2 aromatic heterocycles. The van der Waals surface area contributed by atoms with Gasteiger partial charge in [0.1, 0.15) is 0 Å². The number of para-hydroxylation sites is 1. The minimum absolute atomic E-state index is 0.155. The molecule has 2 heterocycles. The lowest BCUT2D eigenvalue weighted by Gasteiger charge is -2.13. The summed E-state index contributed by atoms with van der Waals surface area (Å²) in [6.07, 6.45) is 3.44. The quantitative estimate of drug-likeness (QED) is 0.549. The molecule has 0 atom stereocenters. The SMILES string of the molecule is N#Cc1ccccc1-c1cc(-c2ccccn2)c(=O)n(-c2ccccc2)c1. The van der Waals surface area contributed by atoms with Crippen LogP contribution in [-0.4, -0.2) is 9.55 Å². The van der Waals surface area contributed by atoms with Crippen LogP contribution in [0.25, 0.3) is 28.1 Å². The molecule has 0 aliphatic rings. The van der Waals surface area contributed by atoms with Crippen LogP contribution in [0.1, 0.15) is 5.56 Å². The van der Waals surface area contributed by atoms with E-state index in [1.807, 2.05) is 66.7 Å². The molecule has 0 radical (unpaired) electrons. The summed E-state index contributed by atoms with van der Waals surface area (Å²) >= 11 is 0. The molecule has 0 aliphatic heterocycles. The van der Waals surface area contributed by atoms with Crippen molar-refractivity contribution in [3.05, 3.63) is 107 Å². The first-order valence-electron chi connectivity index (χ1n) is 8.51. The third kappa shape index (κ3) is 3.14. The van der Waals surface area contributed by atoms with Crippen LogP contribution >= 0.6 is 0 Å². The van der Waals surface area contributed by atoms with Crippen molar-refractivity contribution < 1.29 is 0 Å². The Kier molecular flexibility index (Phi) is 4.34. The zero-order valence-corrected chi connectivity index (χ0v) is 14.4. The van der Waals surface area contributed by atoms with Crippen molar-refractivity contribution in [3.63, 3.8) is 0 Å². The van der Waals surface area contributed by atoms with Gasteiger partial charge in [-0.25, -0.2) is 0 Å². The van der Waals surface area contributed by atoms with E-state index >= 15 is 0 Å². The number of hydrogen-bond acceptors (Lipinski definition) is 3. The number of hydrogen-bond donors (Lipinski definition) is 0. The Hall–Kier alpha value is -3.97. The van der Waals surface area contributed by atoms with Crippen molar-refractivity contribution in [1.82, 2.24) is 9.55 Å². The maximum absolute atomic E-state index is 13.2. The van der Waals surface area contributed by atoms with Crippen LogP contribution in [0.3, 0.4) is 0 Å². The lowest BCUT2D eigenvalue weighted by molar-refractivity contribution is 0.992. The molecule has 4 nitrogen and oxygen atoms in total. The number of aromatic nitrogens is 2. The molecular formula is C23H15N3O. The minimum atomic E-state index is -0.155. The van der Waals surface area contributed by atoms with E-state index < -0.39 is 0 Å². The van der Waals surface area contributed by atoms with Gasteiger partial charge in [-0.1, -0.05) is 42.5 Å². The second kappa shape index (κ2) is 7.11. The zero-order valence-electron chi connectivity index (χ0n) is 14.4. The van der Waals surface area contributed by atoms with Gasteiger partial charge in [0.05, 0.1) is 22.9 Å². The number of pyridine rings is 2. The lowest BCUT2D eigenvalue weighted by Crippen LogP contribution is -2.20. The maximum Gasteiger partial charge on any atom is 0.264 e. The van der Waals surface area contributed by atoms with E-state index in [9.17, 15) is 10.1 Å². The van der Waals surface area contributed by atoms with Crippen LogP contribution in [0.15, 0.2) is 96.1 Å². The summed E-state index contributed by atoms with van der Waals surface area (Å²) in [5.41, 5.74) is 3.82. The second-order valence-corrected chi connectivity index (χ2v) is 6.03. The molecule has 4 heteroatoms. The summed E-state index contributed by atoms with van der Waals surface area (Å²) in [5, 5.41) is 9.48. The molecule has 0 amide bonds. The molecule has 0 fully saturated rings. The van der Waals surface area contributed by atoms with E-state index in [4.69, 9.17) is 0 Å². The molecule has 27 heavy (non-hydrogen) atoms. The predicted molar refractivity (Wildman–Crippen MR) is 105 cm³/mol. The number of benzene rings is 2. The van der Waals surface area contributed by atoms with Crippen molar-refractivity contribution in [2.45, 2.75) is 0 Å². The van der Waals surface area contributed by atoms with E-state index in [0.29, 0.717) is 16.8 Å². The van der Waals surface area contributed by atoms with Gasteiger partial charge in [0.15, 0.2) is 0 Å². The van der Waals surface area contributed by atoms with Gasteiger partial charge in [0, 0.05) is 29.2 Å². The largest absolute Gasteiger partial charge is 0.283 e. The fourth-order valence-corrected chi connectivity index (χ4v) is 3.05. The van der Waals surface area contributed by atoms with E-state index in [1.165, 1.54) is 0 Å². The van der Waals surface area contributed by atoms with Crippen molar-refractivity contribution in [2.24, 2.45) is 0 Å². The zero-order chi connectivity index (χ0) is 18.6. The van der Waals surface area contributed by atoms with Crippen molar-refractivity contribution >= 4 is 0 Å². The van der Waals surface area contributed by atoms with Crippen LogP contribution in [0, 0.1) is 11.3 Å². The highest BCUT2D eigenvalue weighted by molar-refractivity contribution is 5.74. The Morgan fingerprint density at radius 3 is 2.33 bits per heavy atom. The van der Waals surface area contributed by atoms with E-state index in [-0.39, 0.29) is 5.56 Å². The highest BCUT2D eigenvalue weighted by Gasteiger charge is 2.14. The van der Waals surface area contributed by atoms with Gasteiger partial charge in [0.2, 0.25) is 0 Å². The predicted octanol–water partition coefficient (Wildman–Crippen LogP) is 4.44. The molecule has 4 aromatic rings. The van der Waals surface area contributed by atoms with Crippen molar-refractivity contribution in [2.75, 3.05) is 0 Å². The molecule has 0 saturated heterocycles. The first kappa shape index (κ1) is 16.5. The normalized spacial score (nSPS) is 10.3. The van der Waals surface area contributed by atoms with Gasteiger partial charge in [-0.15, -0.1) is 0 Å². The Morgan fingerprint density at radius 1 is 0.852 bits per heavy atom. The smallest absolute Gasteiger partial charge is 0.264 e. The number of nitrogens with zero attached hydrogens (tertiary/aromatic N) is 3. The van der Waals surface area contributed by atoms with Crippen LogP contribution in [0.2, 0.25) is 0 Å². The Morgan fingerprint density at radius 2 is 1.59 bits per heavy atom. The molecule has 0 saturated carbocycles. The first-order chi connectivity index (χ1) is 13.3. The van der Waals surface area contributed by atoms with Crippen LogP contribution in [0.5, 0.6) is 0 Å². The lowest BCUT2D eigenvalue weighted by atomic mass is 9.99. The highest BCUT2D eigenvalue weighted by atomic mass is 16.1. The first-order valence-corrected chi connectivity index (χ1v) is 8.51. The van der Waals surface area contributed by atoms with Gasteiger partial charge in [-0.05, 0) is 36.4 Å². The van der Waals surface area contributed by atoms with Crippen LogP contribution in [0.4, 0.5) is 0 Å². The van der Waals surface area contributed by atoms with Crippen molar-refractivity contribution in [1.29, 1.82) is 5.26 Å². The van der Waals surface area contributed by atoms with Gasteiger partial charge in [0.25, 0.3) is 5.56 Å². The summed E-state index contributed by atoms with van der Waals surface area (Å²) in [7, 11) is 0. The Labute approximate surface area is 156 Å². The average molecular weight is 349 g/mol.